The van der Waals surface area contributed by atoms with E-state index in [0.717, 1.165) is 12.1 Å². The summed E-state index contributed by atoms with van der Waals surface area (Å²) in [4.78, 5) is -0.493. The standard InChI is InChI=1S/C14H23FN2O4S/c1-9(2)5-10(8-16)17-22(18,19)14-7-13(21-4)12(20-3)6-11(14)15/h6-7,9-10,17H,5,8,16H2,1-4H3. The second-order valence-corrected chi connectivity index (χ2v) is 7.00. The van der Waals surface area contributed by atoms with Crippen molar-refractivity contribution in [3.05, 3.63) is 17.9 Å². The highest BCUT2D eigenvalue weighted by Gasteiger charge is 2.25. The number of benzene rings is 1. The third-order valence-corrected chi connectivity index (χ3v) is 4.63. The van der Waals surface area contributed by atoms with Crippen molar-refractivity contribution in [2.75, 3.05) is 20.8 Å². The van der Waals surface area contributed by atoms with Gasteiger partial charge in [-0.3, -0.25) is 0 Å². The van der Waals surface area contributed by atoms with Gasteiger partial charge in [0, 0.05) is 24.7 Å². The fraction of sp³-hybridized carbons (Fsp3) is 0.571. The van der Waals surface area contributed by atoms with Gasteiger partial charge in [0.2, 0.25) is 10.0 Å². The van der Waals surface area contributed by atoms with Gasteiger partial charge in [0.25, 0.3) is 0 Å². The summed E-state index contributed by atoms with van der Waals surface area (Å²) in [7, 11) is -1.35. The molecule has 0 amide bonds. The van der Waals surface area contributed by atoms with E-state index in [0.29, 0.717) is 6.42 Å². The molecule has 0 saturated heterocycles. The molecule has 0 heterocycles. The molecule has 0 aliphatic heterocycles. The van der Waals surface area contributed by atoms with E-state index in [1.54, 1.807) is 0 Å². The van der Waals surface area contributed by atoms with Crippen molar-refractivity contribution < 1.29 is 22.3 Å². The molecule has 3 N–H and O–H groups in total. The van der Waals surface area contributed by atoms with Crippen LogP contribution in [0, 0.1) is 11.7 Å². The summed E-state index contributed by atoms with van der Waals surface area (Å²) in [5.74, 6) is -0.397. The van der Waals surface area contributed by atoms with Crippen molar-refractivity contribution in [2.45, 2.75) is 31.2 Å². The van der Waals surface area contributed by atoms with Crippen LogP contribution in [-0.4, -0.2) is 35.2 Å². The average Bonchev–Trinajstić information content (AvgIpc) is 2.44. The van der Waals surface area contributed by atoms with Crippen molar-refractivity contribution in [3.63, 3.8) is 0 Å². The number of rotatable bonds is 8. The fourth-order valence-electron chi connectivity index (χ4n) is 2.09. The van der Waals surface area contributed by atoms with Crippen molar-refractivity contribution in [3.8, 4) is 11.5 Å². The number of sulfonamides is 1. The molecule has 0 radical (unpaired) electrons. The van der Waals surface area contributed by atoms with Gasteiger partial charge in [-0.05, 0) is 12.3 Å². The molecule has 0 aliphatic rings. The molecule has 1 aromatic rings. The maximum absolute atomic E-state index is 14.1. The van der Waals surface area contributed by atoms with E-state index < -0.39 is 26.8 Å². The van der Waals surface area contributed by atoms with Gasteiger partial charge in [-0.1, -0.05) is 13.8 Å². The highest BCUT2D eigenvalue weighted by Crippen LogP contribution is 2.31. The molecule has 22 heavy (non-hydrogen) atoms. The Bertz CT molecular complexity index is 605. The van der Waals surface area contributed by atoms with Gasteiger partial charge in [-0.25, -0.2) is 17.5 Å². The average molecular weight is 334 g/mol. The maximum Gasteiger partial charge on any atom is 0.243 e. The van der Waals surface area contributed by atoms with Crippen LogP contribution in [-0.2, 0) is 10.0 Å². The Hall–Kier alpha value is -1.38. The van der Waals surface area contributed by atoms with Gasteiger partial charge in [-0.2, -0.15) is 0 Å². The van der Waals surface area contributed by atoms with Crippen molar-refractivity contribution in [1.29, 1.82) is 0 Å². The summed E-state index contributed by atoms with van der Waals surface area (Å²) >= 11 is 0. The normalized spacial score (nSPS) is 13.2. The first-order valence-electron chi connectivity index (χ1n) is 6.89. The molecule has 126 valence electrons. The number of hydrogen-bond acceptors (Lipinski definition) is 5. The van der Waals surface area contributed by atoms with Crippen molar-refractivity contribution in [1.82, 2.24) is 4.72 Å². The Balaban J connectivity index is 3.17. The van der Waals surface area contributed by atoms with Crippen LogP contribution in [0.5, 0.6) is 11.5 Å². The molecular weight excluding hydrogens is 311 g/mol. The molecular formula is C14H23FN2O4S. The molecule has 0 bridgehead atoms. The summed E-state index contributed by atoms with van der Waals surface area (Å²) in [5.41, 5.74) is 5.58. The van der Waals surface area contributed by atoms with E-state index in [9.17, 15) is 12.8 Å². The van der Waals surface area contributed by atoms with E-state index in [4.69, 9.17) is 15.2 Å². The molecule has 0 fully saturated rings. The first kappa shape index (κ1) is 18.7. The maximum atomic E-state index is 14.1. The van der Waals surface area contributed by atoms with E-state index in [1.165, 1.54) is 14.2 Å². The first-order chi connectivity index (χ1) is 10.2. The number of halogens is 1. The van der Waals surface area contributed by atoms with Crippen LogP contribution in [0.3, 0.4) is 0 Å². The lowest BCUT2D eigenvalue weighted by Gasteiger charge is -2.19. The number of nitrogens with one attached hydrogen (secondary N) is 1. The van der Waals surface area contributed by atoms with Crippen LogP contribution in [0.25, 0.3) is 0 Å². The van der Waals surface area contributed by atoms with E-state index >= 15 is 0 Å². The first-order valence-corrected chi connectivity index (χ1v) is 8.37. The Morgan fingerprint density at radius 2 is 1.77 bits per heavy atom. The van der Waals surface area contributed by atoms with Crippen LogP contribution >= 0.6 is 0 Å². The molecule has 1 unspecified atom stereocenters. The number of ether oxygens (including phenoxy) is 2. The van der Waals surface area contributed by atoms with Crippen LogP contribution in [0.1, 0.15) is 20.3 Å². The topological polar surface area (TPSA) is 90.7 Å². The van der Waals surface area contributed by atoms with E-state index in [1.807, 2.05) is 13.8 Å². The Labute approximate surface area is 130 Å². The minimum absolute atomic E-state index is 0.122. The predicted molar refractivity (Wildman–Crippen MR) is 82.1 cm³/mol. The quantitative estimate of drug-likeness (QED) is 0.752. The van der Waals surface area contributed by atoms with Gasteiger partial charge < -0.3 is 15.2 Å². The van der Waals surface area contributed by atoms with Crippen LogP contribution in [0.2, 0.25) is 0 Å². The van der Waals surface area contributed by atoms with Crippen LogP contribution < -0.4 is 19.9 Å². The van der Waals surface area contributed by atoms with Crippen molar-refractivity contribution in [2.24, 2.45) is 11.7 Å². The molecule has 0 spiro atoms. The highest BCUT2D eigenvalue weighted by molar-refractivity contribution is 7.89. The van der Waals surface area contributed by atoms with Gasteiger partial charge in [0.1, 0.15) is 10.7 Å². The molecule has 8 heteroatoms. The minimum Gasteiger partial charge on any atom is -0.493 e. The number of nitrogens with two attached hydrogens (primary N) is 1. The molecule has 6 nitrogen and oxygen atoms in total. The van der Waals surface area contributed by atoms with Crippen LogP contribution in [0.15, 0.2) is 17.0 Å². The lowest BCUT2D eigenvalue weighted by atomic mass is 10.1. The third kappa shape index (κ3) is 4.56. The minimum atomic E-state index is -4.05. The third-order valence-electron chi connectivity index (χ3n) is 3.09. The molecule has 1 rings (SSSR count). The predicted octanol–water partition coefficient (Wildman–Crippen LogP) is 1.49. The zero-order valence-electron chi connectivity index (χ0n) is 13.2. The summed E-state index contributed by atoms with van der Waals surface area (Å²) in [5, 5.41) is 0. The monoisotopic (exact) mass is 334 g/mol. The van der Waals surface area contributed by atoms with Crippen LogP contribution in [0.4, 0.5) is 4.39 Å². The van der Waals surface area contributed by atoms with Gasteiger partial charge >= 0.3 is 0 Å². The molecule has 0 aromatic heterocycles. The molecule has 0 saturated carbocycles. The van der Waals surface area contributed by atoms with Gasteiger partial charge in [-0.15, -0.1) is 0 Å². The largest absolute Gasteiger partial charge is 0.493 e. The summed E-state index contributed by atoms with van der Waals surface area (Å²) in [6.45, 7) is 4.04. The number of hydrogen-bond donors (Lipinski definition) is 2. The zero-order valence-corrected chi connectivity index (χ0v) is 14.0. The lowest BCUT2D eigenvalue weighted by molar-refractivity contribution is 0.350. The summed E-state index contributed by atoms with van der Waals surface area (Å²) in [6.07, 6.45) is 0.560. The van der Waals surface area contributed by atoms with Crippen molar-refractivity contribution >= 4 is 10.0 Å². The second kappa shape index (κ2) is 7.75. The van der Waals surface area contributed by atoms with Gasteiger partial charge in [0.05, 0.1) is 14.2 Å². The summed E-state index contributed by atoms with van der Waals surface area (Å²) < 4.78 is 51.2. The zero-order chi connectivity index (χ0) is 16.9. The lowest BCUT2D eigenvalue weighted by Crippen LogP contribution is -2.41. The Morgan fingerprint density at radius 1 is 1.23 bits per heavy atom. The molecule has 0 aliphatic carbocycles. The highest BCUT2D eigenvalue weighted by atomic mass is 32.2. The van der Waals surface area contributed by atoms with Gasteiger partial charge in [0.15, 0.2) is 11.5 Å². The smallest absolute Gasteiger partial charge is 0.243 e. The Morgan fingerprint density at radius 3 is 2.23 bits per heavy atom. The molecule has 1 atom stereocenters. The van der Waals surface area contributed by atoms with E-state index in [2.05, 4.69) is 4.72 Å². The SMILES string of the molecule is COc1cc(F)c(S(=O)(=O)NC(CN)CC(C)C)cc1OC. The molecule has 1 aromatic carbocycles. The number of methoxy groups -OCH3 is 2. The second-order valence-electron chi connectivity index (χ2n) is 5.32. The fourth-order valence-corrected chi connectivity index (χ4v) is 3.42. The van der Waals surface area contributed by atoms with E-state index in [-0.39, 0.29) is 24.0 Å². The summed E-state index contributed by atoms with van der Waals surface area (Å²) in [6, 6.07) is 1.62. The Kier molecular flexibility index (Phi) is 6.58.